The van der Waals surface area contributed by atoms with Crippen molar-refractivity contribution in [1.82, 2.24) is 20.4 Å². The number of benzene rings is 1. The molecule has 0 bridgehead atoms. The van der Waals surface area contributed by atoms with Crippen molar-refractivity contribution in [2.45, 2.75) is 32.4 Å². The molecule has 2 heterocycles. The number of aromatic amines is 1. The van der Waals surface area contributed by atoms with Crippen molar-refractivity contribution in [2.24, 2.45) is 0 Å². The van der Waals surface area contributed by atoms with E-state index in [1.165, 1.54) is 11.1 Å². The molecule has 0 saturated carbocycles. The fourth-order valence-corrected chi connectivity index (χ4v) is 3.07. The molecule has 6 nitrogen and oxygen atoms in total. The highest BCUT2D eigenvalue weighted by molar-refractivity contribution is 5.88. The van der Waals surface area contributed by atoms with E-state index in [2.05, 4.69) is 56.9 Å². The lowest BCUT2D eigenvalue weighted by molar-refractivity contribution is 0.170. The molecule has 122 valence electrons. The minimum absolute atomic E-state index is 0.192. The Bertz CT molecular complexity index is 640. The van der Waals surface area contributed by atoms with Gasteiger partial charge in [0.2, 0.25) is 0 Å². The van der Waals surface area contributed by atoms with Crippen LogP contribution in [0.3, 0.4) is 0 Å². The Morgan fingerprint density at radius 1 is 1.39 bits per heavy atom. The zero-order valence-corrected chi connectivity index (χ0v) is 13.4. The molecule has 2 amide bonds. The predicted molar refractivity (Wildman–Crippen MR) is 90.2 cm³/mol. The summed E-state index contributed by atoms with van der Waals surface area (Å²) in [4.78, 5) is 14.4. The molecule has 23 heavy (non-hydrogen) atoms. The first kappa shape index (κ1) is 15.6. The summed E-state index contributed by atoms with van der Waals surface area (Å²) in [5.41, 5.74) is 3.52. The van der Waals surface area contributed by atoms with Gasteiger partial charge in [-0.1, -0.05) is 31.2 Å². The molecule has 0 spiro atoms. The van der Waals surface area contributed by atoms with Crippen LogP contribution in [0.5, 0.6) is 0 Å². The number of nitrogens with one attached hydrogen (secondary N) is 3. The minimum Gasteiger partial charge on any atom is -0.336 e. The molecule has 2 aromatic rings. The van der Waals surface area contributed by atoms with Crippen LogP contribution in [0.1, 0.15) is 24.5 Å². The average Bonchev–Trinajstić information content (AvgIpc) is 3.08. The molecule has 0 unspecified atom stereocenters. The Morgan fingerprint density at radius 3 is 2.96 bits per heavy atom. The second-order valence-electron chi connectivity index (χ2n) is 5.87. The maximum absolute atomic E-state index is 11.9. The number of aromatic nitrogens is 2. The average molecular weight is 313 g/mol. The monoisotopic (exact) mass is 313 g/mol. The maximum Gasteiger partial charge on any atom is 0.319 e. The fourth-order valence-electron chi connectivity index (χ4n) is 3.07. The van der Waals surface area contributed by atoms with Gasteiger partial charge in [-0.05, 0) is 24.0 Å². The molecule has 0 aliphatic carbocycles. The summed E-state index contributed by atoms with van der Waals surface area (Å²) in [7, 11) is 0. The van der Waals surface area contributed by atoms with E-state index in [4.69, 9.17) is 0 Å². The predicted octanol–water partition coefficient (Wildman–Crippen LogP) is 2.37. The van der Waals surface area contributed by atoms with Gasteiger partial charge >= 0.3 is 6.03 Å². The highest BCUT2D eigenvalue weighted by Crippen LogP contribution is 2.21. The molecular weight excluding hydrogens is 290 g/mol. The van der Waals surface area contributed by atoms with Gasteiger partial charge in [0.1, 0.15) is 0 Å². The topological polar surface area (TPSA) is 73.0 Å². The SMILES string of the molecule is CC[C@@H](CNC(=O)Nc1cn[nH]c1)N1CCc2ccccc2C1. The maximum atomic E-state index is 11.9. The Hall–Kier alpha value is -2.34. The number of anilines is 1. The van der Waals surface area contributed by atoms with Gasteiger partial charge in [0.25, 0.3) is 0 Å². The summed E-state index contributed by atoms with van der Waals surface area (Å²) >= 11 is 0. The number of fused-ring (bicyclic) bond motifs is 1. The van der Waals surface area contributed by atoms with Gasteiger partial charge in [-0.2, -0.15) is 5.10 Å². The number of carbonyl (C=O) groups excluding carboxylic acids is 1. The third-order valence-electron chi connectivity index (χ3n) is 4.40. The Kier molecular flexibility index (Phi) is 4.92. The van der Waals surface area contributed by atoms with Crippen molar-refractivity contribution >= 4 is 11.7 Å². The largest absolute Gasteiger partial charge is 0.336 e. The first-order valence-electron chi connectivity index (χ1n) is 8.10. The zero-order valence-electron chi connectivity index (χ0n) is 13.4. The molecule has 1 aliphatic rings. The highest BCUT2D eigenvalue weighted by atomic mass is 16.2. The number of rotatable bonds is 5. The third-order valence-corrected chi connectivity index (χ3v) is 4.40. The summed E-state index contributed by atoms with van der Waals surface area (Å²) in [6.07, 6.45) is 5.32. The van der Waals surface area contributed by atoms with Crippen LogP contribution in [0.2, 0.25) is 0 Å². The van der Waals surface area contributed by atoms with Crippen LogP contribution in [-0.2, 0) is 13.0 Å². The smallest absolute Gasteiger partial charge is 0.319 e. The van der Waals surface area contributed by atoms with Crippen LogP contribution >= 0.6 is 0 Å². The van der Waals surface area contributed by atoms with Gasteiger partial charge in [-0.15, -0.1) is 0 Å². The number of H-pyrrole nitrogens is 1. The second-order valence-corrected chi connectivity index (χ2v) is 5.87. The summed E-state index contributed by atoms with van der Waals surface area (Å²) in [6, 6.07) is 8.77. The quantitative estimate of drug-likeness (QED) is 0.793. The molecule has 1 aliphatic heterocycles. The van der Waals surface area contributed by atoms with Crippen molar-refractivity contribution in [3.63, 3.8) is 0 Å². The molecule has 0 saturated heterocycles. The van der Waals surface area contributed by atoms with E-state index in [0.717, 1.165) is 25.9 Å². The lowest BCUT2D eigenvalue weighted by Crippen LogP contribution is -2.46. The number of urea groups is 1. The molecule has 6 heteroatoms. The summed E-state index contributed by atoms with van der Waals surface area (Å²) in [6.45, 7) is 4.81. The van der Waals surface area contributed by atoms with Gasteiger partial charge in [0.05, 0.1) is 11.9 Å². The summed E-state index contributed by atoms with van der Waals surface area (Å²) in [5, 5.41) is 12.2. The summed E-state index contributed by atoms with van der Waals surface area (Å²) < 4.78 is 0. The van der Waals surface area contributed by atoms with Crippen LogP contribution in [0.15, 0.2) is 36.7 Å². The van der Waals surface area contributed by atoms with Crippen LogP contribution in [-0.4, -0.2) is 40.3 Å². The lowest BCUT2D eigenvalue weighted by atomic mass is 9.98. The number of amides is 2. The molecule has 0 fully saturated rings. The van der Waals surface area contributed by atoms with E-state index >= 15 is 0 Å². The van der Waals surface area contributed by atoms with E-state index in [-0.39, 0.29) is 6.03 Å². The lowest BCUT2D eigenvalue weighted by Gasteiger charge is -2.35. The minimum atomic E-state index is -0.192. The van der Waals surface area contributed by atoms with E-state index in [1.807, 2.05) is 0 Å². The number of hydrogen-bond donors (Lipinski definition) is 3. The Balaban J connectivity index is 1.53. The van der Waals surface area contributed by atoms with Crippen molar-refractivity contribution in [2.75, 3.05) is 18.4 Å². The van der Waals surface area contributed by atoms with E-state index in [1.54, 1.807) is 12.4 Å². The first-order chi connectivity index (χ1) is 11.3. The van der Waals surface area contributed by atoms with Crippen molar-refractivity contribution in [1.29, 1.82) is 0 Å². The van der Waals surface area contributed by atoms with Crippen LogP contribution in [0.4, 0.5) is 10.5 Å². The highest BCUT2D eigenvalue weighted by Gasteiger charge is 2.22. The van der Waals surface area contributed by atoms with Crippen molar-refractivity contribution < 1.29 is 4.79 Å². The molecular formula is C17H23N5O. The normalized spacial score (nSPS) is 15.7. The fraction of sp³-hybridized carbons (Fsp3) is 0.412. The number of hydrogen-bond acceptors (Lipinski definition) is 3. The van der Waals surface area contributed by atoms with Gasteiger partial charge < -0.3 is 10.6 Å². The molecule has 0 radical (unpaired) electrons. The van der Waals surface area contributed by atoms with Gasteiger partial charge in [-0.3, -0.25) is 10.00 Å². The molecule has 3 N–H and O–H groups in total. The molecule has 1 aromatic heterocycles. The standard InChI is InChI=1S/C17H23N5O/c1-2-16(11-18-17(23)21-15-9-19-20-10-15)22-8-7-13-5-3-4-6-14(13)12-22/h3-6,9-10,16H,2,7-8,11-12H2,1H3,(H,19,20)(H2,18,21,23)/t16-/m0/s1. The van der Waals surface area contributed by atoms with Crippen LogP contribution < -0.4 is 10.6 Å². The number of nitrogens with zero attached hydrogens (tertiary/aromatic N) is 2. The Morgan fingerprint density at radius 2 is 2.22 bits per heavy atom. The van der Waals surface area contributed by atoms with Gasteiger partial charge in [0.15, 0.2) is 0 Å². The van der Waals surface area contributed by atoms with Gasteiger partial charge in [0, 0.05) is 31.9 Å². The van der Waals surface area contributed by atoms with E-state index in [9.17, 15) is 4.79 Å². The molecule has 1 atom stereocenters. The second kappa shape index (κ2) is 7.28. The van der Waals surface area contributed by atoms with Crippen molar-refractivity contribution in [3.8, 4) is 0 Å². The molecule has 1 aromatic carbocycles. The Labute approximate surface area is 136 Å². The van der Waals surface area contributed by atoms with E-state index < -0.39 is 0 Å². The van der Waals surface area contributed by atoms with Crippen LogP contribution in [0, 0.1) is 0 Å². The first-order valence-corrected chi connectivity index (χ1v) is 8.10. The third kappa shape index (κ3) is 3.90. The zero-order chi connectivity index (χ0) is 16.1. The van der Waals surface area contributed by atoms with E-state index in [0.29, 0.717) is 18.3 Å². The summed E-state index contributed by atoms with van der Waals surface area (Å²) in [5.74, 6) is 0. The molecule has 3 rings (SSSR count). The van der Waals surface area contributed by atoms with Crippen molar-refractivity contribution in [3.05, 3.63) is 47.8 Å². The van der Waals surface area contributed by atoms with Crippen LogP contribution in [0.25, 0.3) is 0 Å². The number of carbonyl (C=O) groups is 1. The van der Waals surface area contributed by atoms with Gasteiger partial charge in [-0.25, -0.2) is 4.79 Å².